The van der Waals surface area contributed by atoms with E-state index in [1.165, 1.54) is 276 Å². The second kappa shape index (κ2) is 76.1. The first-order valence-electron chi connectivity index (χ1n) is 37.8. The van der Waals surface area contributed by atoms with Crippen LogP contribution in [0.4, 0.5) is 0 Å². The fraction of sp³-hybridized carbons (Fsp3) is 0.778. The standard InChI is InChI=1S/C81H144O5/c1-3-5-7-9-11-13-15-17-19-21-23-25-27-29-31-33-35-36-37-38-39-40-41-42-43-44-46-48-50-52-54-56-58-60-62-64-66-68-70-72-74-76-81(84)86-79(77-82)78-85-80(83)75-73-71-69-67-65-63-61-59-57-55-53-51-49-47-45-34-32-30-28-26-24-22-20-18-16-14-12-10-8-6-4-2/h5,7,11,13,16-19,22-25,29,31,35-36,79,82H,3-4,6,8-10,12,14-15,20-21,26-28,30,32-34,37-78H2,1-2H3/b7-5-,13-11-,18-16-,19-17-,24-22-,25-23-,31-29-,36-35-. The molecule has 5 heteroatoms. The number of hydrogen-bond acceptors (Lipinski definition) is 5. The van der Waals surface area contributed by atoms with Crippen molar-refractivity contribution in [1.29, 1.82) is 0 Å². The molecule has 0 saturated heterocycles. The van der Waals surface area contributed by atoms with E-state index in [0.29, 0.717) is 12.8 Å². The van der Waals surface area contributed by atoms with Crippen molar-refractivity contribution in [2.24, 2.45) is 0 Å². The van der Waals surface area contributed by atoms with Crippen molar-refractivity contribution < 1.29 is 24.2 Å². The Balaban J connectivity index is 3.41. The van der Waals surface area contributed by atoms with Gasteiger partial charge in [-0.3, -0.25) is 9.59 Å². The molecule has 1 atom stereocenters. The summed E-state index contributed by atoms with van der Waals surface area (Å²) in [7, 11) is 0. The highest BCUT2D eigenvalue weighted by Crippen LogP contribution is 2.19. The fourth-order valence-corrected chi connectivity index (χ4v) is 11.2. The van der Waals surface area contributed by atoms with Crippen molar-refractivity contribution in [3.8, 4) is 0 Å². The Morgan fingerprint density at radius 2 is 0.500 bits per heavy atom. The molecule has 0 fully saturated rings. The molecule has 0 aliphatic rings. The van der Waals surface area contributed by atoms with Gasteiger partial charge in [0.25, 0.3) is 0 Å². The number of ether oxygens (including phenoxy) is 2. The van der Waals surface area contributed by atoms with Crippen LogP contribution >= 0.6 is 0 Å². The predicted molar refractivity (Wildman–Crippen MR) is 380 cm³/mol. The minimum atomic E-state index is -0.774. The number of aliphatic hydroxyl groups excluding tert-OH is 1. The lowest BCUT2D eigenvalue weighted by Crippen LogP contribution is -2.28. The SMILES string of the molecule is CC/C=C\C/C=C\C/C=C\C/C=C\C/C=C\C/C=C\CCCCCCCCCCCCCCCCCCCCCCCCC(=O)OC(CO)COC(=O)CCCCCCCCCCCCCCCCCCCCC/C=C\C/C=C\CCCCCCC. The maximum atomic E-state index is 12.4. The van der Waals surface area contributed by atoms with E-state index >= 15 is 0 Å². The van der Waals surface area contributed by atoms with Crippen LogP contribution < -0.4 is 0 Å². The zero-order valence-electron chi connectivity index (χ0n) is 57.3. The van der Waals surface area contributed by atoms with E-state index in [-0.39, 0.29) is 25.2 Å². The van der Waals surface area contributed by atoms with Crippen LogP contribution in [0, 0.1) is 0 Å². The van der Waals surface area contributed by atoms with Gasteiger partial charge in [0.1, 0.15) is 6.61 Å². The molecule has 0 rings (SSSR count). The Kier molecular flexibility index (Phi) is 73.3. The van der Waals surface area contributed by atoms with Gasteiger partial charge < -0.3 is 14.6 Å². The zero-order valence-corrected chi connectivity index (χ0v) is 57.3. The van der Waals surface area contributed by atoms with E-state index in [0.717, 1.165) is 83.5 Å². The van der Waals surface area contributed by atoms with E-state index < -0.39 is 6.10 Å². The van der Waals surface area contributed by atoms with Gasteiger partial charge in [-0.15, -0.1) is 0 Å². The van der Waals surface area contributed by atoms with Crippen LogP contribution in [0.3, 0.4) is 0 Å². The number of rotatable bonds is 70. The van der Waals surface area contributed by atoms with Crippen molar-refractivity contribution in [3.63, 3.8) is 0 Å². The van der Waals surface area contributed by atoms with Gasteiger partial charge in [0.15, 0.2) is 6.10 Å². The number of hydrogen-bond donors (Lipinski definition) is 1. The van der Waals surface area contributed by atoms with Gasteiger partial charge in [0.2, 0.25) is 0 Å². The van der Waals surface area contributed by atoms with Crippen LogP contribution in [0.15, 0.2) is 97.2 Å². The Hall–Kier alpha value is -3.18. The Labute approximate surface area is 536 Å². The van der Waals surface area contributed by atoms with Crippen molar-refractivity contribution >= 4 is 11.9 Å². The summed E-state index contributed by atoms with van der Waals surface area (Å²) in [5, 5.41) is 9.72. The first-order valence-corrected chi connectivity index (χ1v) is 37.8. The smallest absolute Gasteiger partial charge is 0.306 e. The van der Waals surface area contributed by atoms with Crippen molar-refractivity contribution in [2.75, 3.05) is 13.2 Å². The third kappa shape index (κ3) is 73.3. The molecule has 0 aromatic carbocycles. The molecule has 0 radical (unpaired) electrons. The highest BCUT2D eigenvalue weighted by atomic mass is 16.6. The lowest BCUT2D eigenvalue weighted by Gasteiger charge is -2.15. The van der Waals surface area contributed by atoms with Crippen molar-refractivity contribution in [1.82, 2.24) is 0 Å². The molecule has 0 bridgehead atoms. The molecule has 0 aromatic heterocycles. The normalized spacial score (nSPS) is 12.7. The van der Waals surface area contributed by atoms with Gasteiger partial charge in [-0.1, -0.05) is 374 Å². The van der Waals surface area contributed by atoms with Gasteiger partial charge in [0.05, 0.1) is 6.61 Å². The Morgan fingerprint density at radius 1 is 0.279 bits per heavy atom. The molecule has 498 valence electrons. The molecule has 1 unspecified atom stereocenters. The summed E-state index contributed by atoms with van der Waals surface area (Å²) in [6.07, 6.45) is 109. The minimum Gasteiger partial charge on any atom is -0.462 e. The van der Waals surface area contributed by atoms with E-state index in [4.69, 9.17) is 9.47 Å². The van der Waals surface area contributed by atoms with Gasteiger partial charge in [-0.05, 0) is 96.3 Å². The predicted octanol–water partition coefficient (Wildman–Crippen LogP) is 26.5. The molecule has 0 aliphatic carbocycles. The molecule has 0 aliphatic heterocycles. The summed E-state index contributed by atoms with van der Waals surface area (Å²) in [4.78, 5) is 24.7. The van der Waals surface area contributed by atoms with Crippen LogP contribution in [0.25, 0.3) is 0 Å². The van der Waals surface area contributed by atoms with E-state index in [1.54, 1.807) is 0 Å². The topological polar surface area (TPSA) is 72.8 Å². The number of unbranched alkanes of at least 4 members (excludes halogenated alkanes) is 46. The summed E-state index contributed by atoms with van der Waals surface area (Å²) >= 11 is 0. The van der Waals surface area contributed by atoms with Crippen molar-refractivity contribution in [2.45, 2.75) is 392 Å². The van der Waals surface area contributed by atoms with Gasteiger partial charge in [-0.25, -0.2) is 0 Å². The molecule has 86 heavy (non-hydrogen) atoms. The average Bonchev–Trinajstić information content (AvgIpc) is 3.54. The minimum absolute atomic E-state index is 0.0625. The summed E-state index contributed by atoms with van der Waals surface area (Å²) < 4.78 is 10.8. The molecule has 0 amide bonds. The van der Waals surface area contributed by atoms with E-state index in [2.05, 4.69) is 111 Å². The Morgan fingerprint density at radius 3 is 0.756 bits per heavy atom. The first-order chi connectivity index (χ1) is 42.6. The number of carbonyl (C=O) groups excluding carboxylic acids is 2. The van der Waals surface area contributed by atoms with Gasteiger partial charge >= 0.3 is 11.9 Å². The maximum absolute atomic E-state index is 12.4. The highest BCUT2D eigenvalue weighted by Gasteiger charge is 2.16. The quantitative estimate of drug-likeness (QED) is 0.0373. The van der Waals surface area contributed by atoms with Gasteiger partial charge in [0, 0.05) is 12.8 Å². The van der Waals surface area contributed by atoms with Crippen LogP contribution in [-0.4, -0.2) is 36.4 Å². The lowest BCUT2D eigenvalue weighted by atomic mass is 10.0. The van der Waals surface area contributed by atoms with Crippen LogP contribution in [-0.2, 0) is 19.1 Å². The Bertz CT molecular complexity index is 1600. The fourth-order valence-electron chi connectivity index (χ4n) is 11.2. The number of esters is 2. The maximum Gasteiger partial charge on any atom is 0.306 e. The van der Waals surface area contributed by atoms with E-state index in [1.807, 2.05) is 0 Å². The number of allylic oxidation sites excluding steroid dienone is 16. The molecule has 0 saturated carbocycles. The lowest BCUT2D eigenvalue weighted by molar-refractivity contribution is -0.161. The molecule has 1 N–H and O–H groups in total. The summed E-state index contributed by atoms with van der Waals surface area (Å²) in [5.74, 6) is -0.571. The molecule has 5 nitrogen and oxygen atoms in total. The second-order valence-corrected chi connectivity index (χ2v) is 25.3. The van der Waals surface area contributed by atoms with Gasteiger partial charge in [-0.2, -0.15) is 0 Å². The summed E-state index contributed by atoms with van der Waals surface area (Å²) in [6, 6.07) is 0. The van der Waals surface area contributed by atoms with Crippen LogP contribution in [0.5, 0.6) is 0 Å². The molecule has 0 heterocycles. The molecule has 0 spiro atoms. The van der Waals surface area contributed by atoms with Crippen molar-refractivity contribution in [3.05, 3.63) is 97.2 Å². The molecular weight excluding hydrogens is 1050 g/mol. The summed E-state index contributed by atoms with van der Waals surface area (Å²) in [6.45, 7) is 4.06. The monoisotopic (exact) mass is 1200 g/mol. The third-order valence-electron chi connectivity index (χ3n) is 16.9. The number of aliphatic hydroxyl groups is 1. The molecule has 0 aromatic rings. The zero-order chi connectivity index (χ0) is 61.9. The average molecular weight is 1200 g/mol. The third-order valence-corrected chi connectivity index (χ3v) is 16.9. The largest absolute Gasteiger partial charge is 0.462 e. The highest BCUT2D eigenvalue weighted by molar-refractivity contribution is 5.70. The van der Waals surface area contributed by atoms with Crippen LogP contribution in [0.1, 0.15) is 386 Å². The molecular formula is C81H144O5. The van der Waals surface area contributed by atoms with E-state index in [9.17, 15) is 14.7 Å². The second-order valence-electron chi connectivity index (χ2n) is 25.3. The summed E-state index contributed by atoms with van der Waals surface area (Å²) in [5.41, 5.74) is 0. The van der Waals surface area contributed by atoms with Crippen LogP contribution in [0.2, 0.25) is 0 Å². The first kappa shape index (κ1) is 82.8. The number of carbonyl (C=O) groups is 2.